The second-order valence-electron chi connectivity index (χ2n) is 7.70. The van der Waals surface area contributed by atoms with E-state index in [1.54, 1.807) is 0 Å². The highest BCUT2D eigenvalue weighted by atomic mass is 19.2. The molecule has 2 aliphatic rings. The summed E-state index contributed by atoms with van der Waals surface area (Å²) in [4.78, 5) is 0. The van der Waals surface area contributed by atoms with E-state index in [0.29, 0.717) is 17.5 Å². The van der Waals surface area contributed by atoms with E-state index >= 15 is 0 Å². The van der Waals surface area contributed by atoms with Crippen LogP contribution in [0.15, 0.2) is 12.1 Å². The Labute approximate surface area is 139 Å². The highest BCUT2D eigenvalue weighted by Gasteiger charge is 2.30. The third kappa shape index (κ3) is 3.78. The van der Waals surface area contributed by atoms with E-state index < -0.39 is 11.6 Å². The van der Waals surface area contributed by atoms with Crippen LogP contribution in [0.3, 0.4) is 0 Å². The summed E-state index contributed by atoms with van der Waals surface area (Å²) < 4.78 is 28.6. The summed E-state index contributed by atoms with van der Waals surface area (Å²) >= 11 is 0. The maximum absolute atomic E-state index is 14.4. The first-order valence-electron chi connectivity index (χ1n) is 9.67. The van der Waals surface area contributed by atoms with Crippen LogP contribution in [0.2, 0.25) is 0 Å². The van der Waals surface area contributed by atoms with Crippen LogP contribution < -0.4 is 0 Å². The van der Waals surface area contributed by atoms with Crippen molar-refractivity contribution in [1.82, 2.24) is 0 Å². The van der Waals surface area contributed by atoms with Gasteiger partial charge in [-0.2, -0.15) is 0 Å². The average Bonchev–Trinajstić information content (AvgIpc) is 2.60. The standard InChI is InChI=1S/C21H30F2/c1-2-6-18-13-14-19(21(23)20(18)22)17-11-9-16(10-12-17)15-7-4-3-5-8-15/h13-17H,2-12H2,1H3. The fourth-order valence-corrected chi connectivity index (χ4v) is 4.89. The molecule has 0 aliphatic heterocycles. The van der Waals surface area contributed by atoms with Gasteiger partial charge in [0.15, 0.2) is 11.6 Å². The second-order valence-corrected chi connectivity index (χ2v) is 7.70. The predicted octanol–water partition coefficient (Wildman–Crippen LogP) is 6.77. The highest BCUT2D eigenvalue weighted by molar-refractivity contribution is 5.29. The molecule has 0 heterocycles. The van der Waals surface area contributed by atoms with Crippen molar-refractivity contribution in [3.05, 3.63) is 34.9 Å². The first-order valence-corrected chi connectivity index (χ1v) is 9.67. The molecule has 2 fully saturated rings. The first-order chi connectivity index (χ1) is 11.2. The minimum absolute atomic E-state index is 0.222. The zero-order chi connectivity index (χ0) is 16.2. The Hall–Kier alpha value is -0.920. The minimum atomic E-state index is -0.598. The summed E-state index contributed by atoms with van der Waals surface area (Å²) in [6.07, 6.45) is 12.9. The minimum Gasteiger partial charge on any atom is -0.203 e. The lowest BCUT2D eigenvalue weighted by Crippen LogP contribution is -2.23. The van der Waals surface area contributed by atoms with E-state index in [9.17, 15) is 8.78 Å². The quantitative estimate of drug-likeness (QED) is 0.574. The lowest BCUT2D eigenvalue weighted by molar-refractivity contribution is 0.185. The number of halogens is 2. The molecule has 1 aromatic rings. The van der Waals surface area contributed by atoms with Crippen molar-refractivity contribution in [3.8, 4) is 0 Å². The molecule has 2 saturated carbocycles. The molecule has 0 atom stereocenters. The molecule has 128 valence electrons. The van der Waals surface area contributed by atoms with Crippen LogP contribution in [0.4, 0.5) is 8.78 Å². The van der Waals surface area contributed by atoms with Gasteiger partial charge in [-0.15, -0.1) is 0 Å². The summed E-state index contributed by atoms with van der Waals surface area (Å²) in [5.41, 5.74) is 1.16. The van der Waals surface area contributed by atoms with Crippen molar-refractivity contribution in [2.24, 2.45) is 11.8 Å². The van der Waals surface area contributed by atoms with Crippen molar-refractivity contribution in [3.63, 3.8) is 0 Å². The summed E-state index contributed by atoms with van der Waals surface area (Å²) in [6.45, 7) is 2.00. The smallest absolute Gasteiger partial charge is 0.162 e. The van der Waals surface area contributed by atoms with Gasteiger partial charge in [0.2, 0.25) is 0 Å². The van der Waals surface area contributed by atoms with Crippen LogP contribution in [0.25, 0.3) is 0 Å². The van der Waals surface area contributed by atoms with Crippen LogP contribution in [0, 0.1) is 23.5 Å². The molecular formula is C21H30F2. The lowest BCUT2D eigenvalue weighted by atomic mass is 9.70. The molecule has 0 amide bonds. The second kappa shape index (κ2) is 7.77. The normalized spacial score (nSPS) is 26.4. The molecule has 0 saturated heterocycles. The molecule has 3 rings (SSSR count). The van der Waals surface area contributed by atoms with Gasteiger partial charge < -0.3 is 0 Å². The van der Waals surface area contributed by atoms with Gasteiger partial charge in [0.05, 0.1) is 0 Å². The largest absolute Gasteiger partial charge is 0.203 e. The third-order valence-corrected chi connectivity index (χ3v) is 6.24. The Kier molecular flexibility index (Phi) is 5.71. The van der Waals surface area contributed by atoms with Gasteiger partial charge in [-0.25, -0.2) is 8.78 Å². The van der Waals surface area contributed by atoms with Gasteiger partial charge in [0.25, 0.3) is 0 Å². The molecule has 2 heteroatoms. The van der Waals surface area contributed by atoms with Crippen LogP contribution in [-0.4, -0.2) is 0 Å². The van der Waals surface area contributed by atoms with Gasteiger partial charge in [0, 0.05) is 0 Å². The lowest BCUT2D eigenvalue weighted by Gasteiger charge is -2.36. The van der Waals surface area contributed by atoms with E-state index in [0.717, 1.165) is 31.1 Å². The van der Waals surface area contributed by atoms with E-state index in [1.165, 1.54) is 44.9 Å². The third-order valence-electron chi connectivity index (χ3n) is 6.24. The number of hydrogen-bond donors (Lipinski definition) is 0. The summed E-state index contributed by atoms with van der Waals surface area (Å²) in [7, 11) is 0. The SMILES string of the molecule is CCCc1ccc(C2CCC(C3CCCCC3)CC2)c(F)c1F. The van der Waals surface area contributed by atoms with Gasteiger partial charge in [0.1, 0.15) is 0 Å². The maximum Gasteiger partial charge on any atom is 0.162 e. The van der Waals surface area contributed by atoms with E-state index in [-0.39, 0.29) is 5.92 Å². The van der Waals surface area contributed by atoms with Crippen LogP contribution in [0.5, 0.6) is 0 Å². The van der Waals surface area contributed by atoms with Gasteiger partial charge >= 0.3 is 0 Å². The molecule has 0 aromatic heterocycles. The maximum atomic E-state index is 14.4. The number of aryl methyl sites for hydroxylation is 1. The van der Waals surface area contributed by atoms with Crippen molar-refractivity contribution < 1.29 is 8.78 Å². The zero-order valence-electron chi connectivity index (χ0n) is 14.4. The fraction of sp³-hybridized carbons (Fsp3) is 0.714. The van der Waals surface area contributed by atoms with Crippen LogP contribution in [0.1, 0.15) is 88.2 Å². The number of rotatable bonds is 4. The van der Waals surface area contributed by atoms with Crippen molar-refractivity contribution in [2.75, 3.05) is 0 Å². The summed E-state index contributed by atoms with van der Waals surface area (Å²) in [6, 6.07) is 3.67. The Morgan fingerprint density at radius 2 is 1.48 bits per heavy atom. The van der Waals surface area contributed by atoms with Gasteiger partial charge in [-0.05, 0) is 61.0 Å². The Morgan fingerprint density at radius 3 is 2.13 bits per heavy atom. The average molecular weight is 320 g/mol. The molecule has 0 N–H and O–H groups in total. The first kappa shape index (κ1) is 16.9. The molecule has 23 heavy (non-hydrogen) atoms. The van der Waals surface area contributed by atoms with E-state index in [2.05, 4.69) is 0 Å². The van der Waals surface area contributed by atoms with Crippen molar-refractivity contribution in [2.45, 2.75) is 83.5 Å². The van der Waals surface area contributed by atoms with E-state index in [1.807, 2.05) is 19.1 Å². The molecule has 1 aromatic carbocycles. The van der Waals surface area contributed by atoms with Crippen molar-refractivity contribution >= 4 is 0 Å². The number of benzene rings is 1. The molecule has 2 aliphatic carbocycles. The Bertz CT molecular complexity index is 509. The Balaban J connectivity index is 1.64. The zero-order valence-corrected chi connectivity index (χ0v) is 14.4. The Morgan fingerprint density at radius 1 is 0.826 bits per heavy atom. The van der Waals surface area contributed by atoms with Crippen molar-refractivity contribution in [1.29, 1.82) is 0 Å². The summed E-state index contributed by atoms with van der Waals surface area (Å²) in [5, 5.41) is 0. The van der Waals surface area contributed by atoms with Gasteiger partial charge in [-0.1, -0.05) is 57.6 Å². The predicted molar refractivity (Wildman–Crippen MR) is 91.6 cm³/mol. The molecule has 0 bridgehead atoms. The fourth-order valence-electron chi connectivity index (χ4n) is 4.89. The van der Waals surface area contributed by atoms with E-state index in [4.69, 9.17) is 0 Å². The molecule has 0 unspecified atom stereocenters. The molecular weight excluding hydrogens is 290 g/mol. The van der Waals surface area contributed by atoms with Crippen LogP contribution >= 0.6 is 0 Å². The summed E-state index contributed by atoms with van der Waals surface area (Å²) in [5.74, 6) is 0.785. The molecule has 0 radical (unpaired) electrons. The van der Waals surface area contributed by atoms with Gasteiger partial charge in [-0.3, -0.25) is 0 Å². The highest BCUT2D eigenvalue weighted by Crippen LogP contribution is 2.43. The van der Waals surface area contributed by atoms with Crippen LogP contribution in [-0.2, 0) is 6.42 Å². The molecule has 0 spiro atoms. The topological polar surface area (TPSA) is 0 Å². The molecule has 0 nitrogen and oxygen atoms in total. The number of hydrogen-bond acceptors (Lipinski definition) is 0. The monoisotopic (exact) mass is 320 g/mol.